The van der Waals surface area contributed by atoms with Crippen LogP contribution in [0.1, 0.15) is 0 Å². The smallest absolute Gasteiger partial charge is 0.258 e. The van der Waals surface area contributed by atoms with Gasteiger partial charge in [-0.1, -0.05) is 11.6 Å². The van der Waals surface area contributed by atoms with E-state index in [1.54, 1.807) is 0 Å². The molecule has 0 saturated heterocycles. The lowest BCUT2D eigenvalue weighted by Crippen LogP contribution is -2.00. The number of halogens is 4. The van der Waals surface area contributed by atoms with E-state index in [0.717, 1.165) is 6.33 Å². The van der Waals surface area contributed by atoms with Gasteiger partial charge in [0.2, 0.25) is 5.15 Å². The molecule has 0 bridgehead atoms. The summed E-state index contributed by atoms with van der Waals surface area (Å²) in [6, 6.07) is 0.737. The molecule has 0 amide bonds. The molecule has 1 aromatic heterocycles. The minimum absolute atomic E-state index is 0.268. The fourth-order valence-corrected chi connectivity index (χ4v) is 1.62. The monoisotopic (exact) mass is 289 g/mol. The Morgan fingerprint density at radius 2 is 1.74 bits per heavy atom. The van der Waals surface area contributed by atoms with Gasteiger partial charge in [-0.3, -0.25) is 10.1 Å². The number of nitro groups is 1. The van der Waals surface area contributed by atoms with Gasteiger partial charge < -0.3 is 0 Å². The largest absolute Gasteiger partial charge is 0.332 e. The van der Waals surface area contributed by atoms with Crippen LogP contribution < -0.4 is 0 Å². The summed E-state index contributed by atoms with van der Waals surface area (Å²) >= 11 is 5.51. The average Bonchev–Trinajstić information content (AvgIpc) is 2.33. The summed E-state index contributed by atoms with van der Waals surface area (Å²) in [6.07, 6.45) is 0.853. The second-order valence-corrected chi connectivity index (χ2v) is 3.72. The lowest BCUT2D eigenvalue weighted by atomic mass is 10.1. The zero-order valence-electron chi connectivity index (χ0n) is 8.90. The van der Waals surface area contributed by atoms with Gasteiger partial charge in [-0.2, -0.15) is 0 Å². The Kier molecular flexibility index (Phi) is 3.34. The van der Waals surface area contributed by atoms with Crippen molar-refractivity contribution in [3.8, 4) is 11.3 Å². The van der Waals surface area contributed by atoms with Crippen molar-refractivity contribution in [2.24, 2.45) is 0 Å². The van der Waals surface area contributed by atoms with E-state index >= 15 is 0 Å². The predicted molar refractivity (Wildman–Crippen MR) is 59.0 cm³/mol. The van der Waals surface area contributed by atoms with Crippen molar-refractivity contribution < 1.29 is 18.1 Å². The molecule has 9 heteroatoms. The molecule has 1 heterocycles. The van der Waals surface area contributed by atoms with Crippen LogP contribution >= 0.6 is 11.6 Å². The van der Waals surface area contributed by atoms with Gasteiger partial charge in [0.1, 0.15) is 12.1 Å². The van der Waals surface area contributed by atoms with E-state index in [4.69, 9.17) is 11.6 Å². The third-order valence-electron chi connectivity index (χ3n) is 2.23. The fourth-order valence-electron chi connectivity index (χ4n) is 1.42. The van der Waals surface area contributed by atoms with Crippen molar-refractivity contribution in [3.63, 3.8) is 0 Å². The van der Waals surface area contributed by atoms with E-state index < -0.39 is 44.5 Å². The number of hydrogen-bond acceptors (Lipinski definition) is 4. The van der Waals surface area contributed by atoms with Crippen molar-refractivity contribution in [2.45, 2.75) is 0 Å². The van der Waals surface area contributed by atoms with Crippen LogP contribution in [0, 0.1) is 27.6 Å². The van der Waals surface area contributed by atoms with Crippen molar-refractivity contribution in [2.75, 3.05) is 0 Å². The summed E-state index contributed by atoms with van der Waals surface area (Å²) in [6.45, 7) is 0. The van der Waals surface area contributed by atoms with Crippen molar-refractivity contribution >= 4 is 17.3 Å². The van der Waals surface area contributed by atoms with Gasteiger partial charge in [-0.15, -0.1) is 0 Å². The minimum atomic E-state index is -1.41. The molecule has 0 fully saturated rings. The van der Waals surface area contributed by atoms with Gasteiger partial charge >= 0.3 is 5.69 Å². The molecule has 0 atom stereocenters. The fraction of sp³-hybridized carbons (Fsp3) is 0. The Morgan fingerprint density at radius 1 is 1.11 bits per heavy atom. The second kappa shape index (κ2) is 4.81. The van der Waals surface area contributed by atoms with Crippen LogP contribution in [0.25, 0.3) is 11.3 Å². The topological polar surface area (TPSA) is 68.9 Å². The van der Waals surface area contributed by atoms with Crippen LogP contribution in [-0.2, 0) is 0 Å². The summed E-state index contributed by atoms with van der Waals surface area (Å²) < 4.78 is 39.5. The summed E-state index contributed by atoms with van der Waals surface area (Å²) in [5.41, 5.74) is -1.88. The highest BCUT2D eigenvalue weighted by Crippen LogP contribution is 2.34. The van der Waals surface area contributed by atoms with Gasteiger partial charge in [-0.25, -0.2) is 23.1 Å². The van der Waals surface area contributed by atoms with Crippen LogP contribution in [0.5, 0.6) is 0 Å². The maximum absolute atomic E-state index is 13.6. The quantitative estimate of drug-likeness (QED) is 0.369. The summed E-state index contributed by atoms with van der Waals surface area (Å²) in [4.78, 5) is 16.8. The average molecular weight is 290 g/mol. The first-order valence-corrected chi connectivity index (χ1v) is 5.09. The lowest BCUT2D eigenvalue weighted by Gasteiger charge is -2.05. The van der Waals surface area contributed by atoms with Gasteiger partial charge in [0.05, 0.1) is 4.92 Å². The molecule has 19 heavy (non-hydrogen) atoms. The highest BCUT2D eigenvalue weighted by atomic mass is 35.5. The van der Waals surface area contributed by atoms with Gasteiger partial charge in [0, 0.05) is 11.6 Å². The molecule has 0 aliphatic heterocycles. The predicted octanol–water partition coefficient (Wildman–Crippen LogP) is 3.12. The maximum atomic E-state index is 13.6. The van der Waals surface area contributed by atoms with Crippen LogP contribution in [0.4, 0.5) is 18.9 Å². The van der Waals surface area contributed by atoms with Crippen LogP contribution in [0.3, 0.4) is 0 Å². The third kappa shape index (κ3) is 2.34. The maximum Gasteiger partial charge on any atom is 0.332 e. The Balaban J connectivity index is 2.76. The third-order valence-corrected chi connectivity index (χ3v) is 2.50. The van der Waals surface area contributed by atoms with Crippen LogP contribution in [0.2, 0.25) is 5.15 Å². The normalized spacial score (nSPS) is 10.5. The number of rotatable bonds is 2. The van der Waals surface area contributed by atoms with Crippen molar-refractivity contribution in [3.05, 3.63) is 51.2 Å². The van der Waals surface area contributed by atoms with E-state index in [1.165, 1.54) is 0 Å². The summed E-state index contributed by atoms with van der Waals surface area (Å²) in [7, 11) is 0. The molecule has 0 spiro atoms. The Labute approximate surface area is 108 Å². The van der Waals surface area contributed by atoms with E-state index in [0.29, 0.717) is 6.07 Å². The molecule has 1 aromatic carbocycles. The number of hydrogen-bond donors (Lipinski definition) is 0. The van der Waals surface area contributed by atoms with Crippen molar-refractivity contribution in [1.82, 2.24) is 9.97 Å². The van der Waals surface area contributed by atoms with Gasteiger partial charge in [0.25, 0.3) is 0 Å². The summed E-state index contributed by atoms with van der Waals surface area (Å²) in [5.74, 6) is -3.97. The standard InChI is InChI=1S/C10H3ClF3N3O2/c11-10-9(17(18)19)8(15-3-16-10)4-1-6(13)7(14)2-5(4)12/h1-3H. The molecule has 0 saturated carbocycles. The highest BCUT2D eigenvalue weighted by molar-refractivity contribution is 6.31. The first kappa shape index (κ1) is 13.2. The molecule has 98 valence electrons. The highest BCUT2D eigenvalue weighted by Gasteiger charge is 2.25. The first-order chi connectivity index (χ1) is 8.91. The van der Waals surface area contributed by atoms with E-state index in [2.05, 4.69) is 9.97 Å². The molecule has 2 rings (SSSR count). The zero-order chi connectivity index (χ0) is 14.2. The molecular weight excluding hydrogens is 287 g/mol. The van der Waals surface area contributed by atoms with E-state index in [1.807, 2.05) is 0 Å². The van der Waals surface area contributed by atoms with Gasteiger partial charge in [-0.05, 0) is 6.07 Å². The minimum Gasteiger partial charge on any atom is -0.258 e. The Morgan fingerprint density at radius 3 is 2.37 bits per heavy atom. The summed E-state index contributed by atoms with van der Waals surface area (Å²) in [5, 5.41) is 10.3. The Hall–Kier alpha value is -2.22. The SMILES string of the molecule is O=[N+]([O-])c1c(Cl)ncnc1-c1cc(F)c(F)cc1F. The van der Waals surface area contributed by atoms with Crippen LogP contribution in [0.15, 0.2) is 18.5 Å². The molecule has 0 aliphatic carbocycles. The number of aromatic nitrogens is 2. The molecule has 5 nitrogen and oxygen atoms in total. The Bertz CT molecular complexity index is 681. The van der Waals surface area contributed by atoms with Crippen LogP contribution in [-0.4, -0.2) is 14.9 Å². The molecule has 0 unspecified atom stereocenters. The van der Waals surface area contributed by atoms with E-state index in [-0.39, 0.29) is 6.07 Å². The van der Waals surface area contributed by atoms with E-state index in [9.17, 15) is 23.3 Å². The number of nitrogens with zero attached hydrogens (tertiary/aromatic N) is 3. The molecule has 0 aliphatic rings. The zero-order valence-corrected chi connectivity index (χ0v) is 9.66. The number of benzene rings is 1. The first-order valence-electron chi connectivity index (χ1n) is 4.71. The lowest BCUT2D eigenvalue weighted by molar-refractivity contribution is -0.384. The molecule has 0 radical (unpaired) electrons. The van der Waals surface area contributed by atoms with Gasteiger partial charge in [0.15, 0.2) is 17.3 Å². The second-order valence-electron chi connectivity index (χ2n) is 3.36. The van der Waals surface area contributed by atoms with Crippen molar-refractivity contribution in [1.29, 1.82) is 0 Å². The molecular formula is C10H3ClF3N3O2. The molecule has 2 aromatic rings. The molecule has 0 N–H and O–H groups in total.